The Morgan fingerprint density at radius 2 is 1.25 bits per heavy atom. The Balaban J connectivity index is 3.32. The number of rotatable bonds is 8. The van der Waals surface area contributed by atoms with Gasteiger partial charge in [0.05, 0.1) is 16.2 Å². The van der Waals surface area contributed by atoms with Gasteiger partial charge in [-0.3, -0.25) is 19.2 Å². The van der Waals surface area contributed by atoms with Crippen molar-refractivity contribution >= 4 is 23.9 Å². The molecule has 0 aliphatic heterocycles. The van der Waals surface area contributed by atoms with Crippen molar-refractivity contribution in [3.8, 4) is 11.5 Å². The molecule has 0 saturated heterocycles. The fourth-order valence-electron chi connectivity index (χ4n) is 2.85. The monoisotopic (exact) mass is 507 g/mol. The highest BCUT2D eigenvalue weighted by Gasteiger charge is 2.38. The Morgan fingerprint density at radius 1 is 0.806 bits per heavy atom. The normalized spacial score (nSPS) is 14.9. The summed E-state index contributed by atoms with van der Waals surface area (Å²) in [6.07, 6.45) is -1.07. The average molecular weight is 508 g/mol. The fraction of sp³-hybridized carbons (Fsp3) is 0.630. The second kappa shape index (κ2) is 11.0. The summed E-state index contributed by atoms with van der Waals surface area (Å²) < 4.78 is 16.4. The number of aliphatic carboxylic acids is 1. The van der Waals surface area contributed by atoms with Gasteiger partial charge in [0, 0.05) is 12.8 Å². The van der Waals surface area contributed by atoms with E-state index in [-0.39, 0.29) is 24.3 Å². The van der Waals surface area contributed by atoms with Crippen LogP contribution in [0.4, 0.5) is 0 Å². The standard InChI is InChI=1S/C27H41NO8/c1-16(34-21(31)24(2,3)4)14-27(28,20(29)30)15-17-11-12-18(35-22(32)25(5,6)7)19(13-17)36-23(33)26(8,9)10/h11-13,16H,14-15,28H2,1-10H3,(H,29,30)/t16-,27?/m0/s1. The van der Waals surface area contributed by atoms with Gasteiger partial charge in [-0.1, -0.05) is 6.07 Å². The average Bonchev–Trinajstić information content (AvgIpc) is 2.67. The molecule has 0 aromatic heterocycles. The lowest BCUT2D eigenvalue weighted by atomic mass is 9.86. The zero-order chi connectivity index (χ0) is 28.3. The minimum atomic E-state index is -1.79. The summed E-state index contributed by atoms with van der Waals surface area (Å²) in [4.78, 5) is 49.4. The van der Waals surface area contributed by atoms with Crippen molar-refractivity contribution in [2.75, 3.05) is 0 Å². The number of carbonyl (C=O) groups is 4. The summed E-state index contributed by atoms with van der Waals surface area (Å²) >= 11 is 0. The first-order valence-corrected chi connectivity index (χ1v) is 11.9. The number of carboxylic acids is 1. The molecule has 1 aromatic carbocycles. The number of carboxylic acid groups (broad SMARTS) is 1. The molecule has 2 atom stereocenters. The van der Waals surface area contributed by atoms with Gasteiger partial charge < -0.3 is 25.1 Å². The van der Waals surface area contributed by atoms with Gasteiger partial charge in [0.1, 0.15) is 11.6 Å². The predicted molar refractivity (Wildman–Crippen MR) is 135 cm³/mol. The van der Waals surface area contributed by atoms with Crippen LogP contribution in [0.15, 0.2) is 18.2 Å². The number of benzene rings is 1. The van der Waals surface area contributed by atoms with Gasteiger partial charge >= 0.3 is 23.9 Å². The van der Waals surface area contributed by atoms with E-state index in [2.05, 4.69) is 0 Å². The fourth-order valence-corrected chi connectivity index (χ4v) is 2.85. The van der Waals surface area contributed by atoms with Crippen LogP contribution in [0, 0.1) is 16.2 Å². The summed E-state index contributed by atoms with van der Waals surface area (Å²) in [5, 5.41) is 9.90. The molecule has 9 nitrogen and oxygen atoms in total. The molecule has 0 spiro atoms. The highest BCUT2D eigenvalue weighted by molar-refractivity contribution is 5.82. The maximum Gasteiger partial charge on any atom is 0.324 e. The van der Waals surface area contributed by atoms with Gasteiger partial charge in [-0.05, 0) is 86.9 Å². The van der Waals surface area contributed by atoms with Crippen LogP contribution in [0.1, 0.15) is 81.2 Å². The molecular formula is C27H41NO8. The van der Waals surface area contributed by atoms with Gasteiger partial charge in [0.25, 0.3) is 0 Å². The molecule has 9 heteroatoms. The molecule has 0 amide bonds. The number of hydrogen-bond acceptors (Lipinski definition) is 8. The first-order valence-electron chi connectivity index (χ1n) is 11.9. The number of esters is 3. The van der Waals surface area contributed by atoms with Crippen LogP contribution in [-0.4, -0.2) is 40.6 Å². The summed E-state index contributed by atoms with van der Waals surface area (Å²) in [7, 11) is 0. The predicted octanol–water partition coefficient (Wildman–Crippen LogP) is 4.28. The molecule has 1 aromatic rings. The maximum absolute atomic E-state index is 12.6. The van der Waals surface area contributed by atoms with Crippen LogP contribution < -0.4 is 15.2 Å². The third-order valence-corrected chi connectivity index (χ3v) is 5.16. The van der Waals surface area contributed by atoms with Gasteiger partial charge in [-0.2, -0.15) is 0 Å². The van der Waals surface area contributed by atoms with E-state index in [0.717, 1.165) is 0 Å². The smallest absolute Gasteiger partial charge is 0.324 e. The van der Waals surface area contributed by atoms with Crippen molar-refractivity contribution in [2.45, 2.75) is 93.7 Å². The lowest BCUT2D eigenvalue weighted by Crippen LogP contribution is -2.52. The molecule has 202 valence electrons. The molecule has 0 heterocycles. The number of carbonyl (C=O) groups excluding carboxylic acids is 3. The number of ether oxygens (including phenoxy) is 3. The van der Waals surface area contributed by atoms with Gasteiger partial charge in [-0.15, -0.1) is 0 Å². The largest absolute Gasteiger partial charge is 0.480 e. The molecule has 3 N–H and O–H groups in total. The quantitative estimate of drug-likeness (QED) is 0.389. The molecule has 36 heavy (non-hydrogen) atoms. The molecule has 0 radical (unpaired) electrons. The summed E-state index contributed by atoms with van der Waals surface area (Å²) in [6, 6.07) is 4.43. The molecule has 1 unspecified atom stereocenters. The molecular weight excluding hydrogens is 466 g/mol. The number of hydrogen-bond donors (Lipinski definition) is 2. The first-order chi connectivity index (χ1) is 16.1. The van der Waals surface area contributed by atoms with Crippen LogP contribution in [0.2, 0.25) is 0 Å². The molecule has 0 saturated carbocycles. The Hall–Kier alpha value is -2.94. The van der Waals surface area contributed by atoms with Crippen LogP contribution in [0.5, 0.6) is 11.5 Å². The van der Waals surface area contributed by atoms with E-state index in [1.165, 1.54) is 12.1 Å². The van der Waals surface area contributed by atoms with Crippen LogP contribution in [0.25, 0.3) is 0 Å². The van der Waals surface area contributed by atoms with Gasteiger partial charge in [0.15, 0.2) is 11.5 Å². The van der Waals surface area contributed by atoms with Crippen molar-refractivity contribution in [2.24, 2.45) is 22.0 Å². The van der Waals surface area contributed by atoms with Crippen molar-refractivity contribution in [1.82, 2.24) is 0 Å². The van der Waals surface area contributed by atoms with E-state index in [9.17, 15) is 24.3 Å². The van der Waals surface area contributed by atoms with Crippen molar-refractivity contribution in [3.05, 3.63) is 23.8 Å². The molecule has 1 rings (SSSR count). The first kappa shape index (κ1) is 31.1. The topological polar surface area (TPSA) is 142 Å². The minimum absolute atomic E-state index is 0.0232. The van der Waals surface area contributed by atoms with E-state index in [1.54, 1.807) is 75.3 Å². The SMILES string of the molecule is C[C@@H](CC(N)(Cc1ccc(OC(=O)C(C)(C)C)c(OC(=O)C(C)(C)C)c1)C(=O)O)OC(=O)C(C)(C)C. The van der Waals surface area contributed by atoms with E-state index < -0.39 is 51.8 Å². The molecule has 0 bridgehead atoms. The van der Waals surface area contributed by atoms with E-state index >= 15 is 0 Å². The third kappa shape index (κ3) is 8.93. The second-order valence-corrected chi connectivity index (χ2v) is 12.4. The molecule has 0 aliphatic rings. The van der Waals surface area contributed by atoms with Crippen LogP contribution >= 0.6 is 0 Å². The molecule has 0 aliphatic carbocycles. The van der Waals surface area contributed by atoms with E-state index in [0.29, 0.717) is 5.56 Å². The summed E-state index contributed by atoms with van der Waals surface area (Å²) in [5.74, 6) is -2.84. The maximum atomic E-state index is 12.6. The summed E-state index contributed by atoms with van der Waals surface area (Å²) in [6.45, 7) is 16.8. The lowest BCUT2D eigenvalue weighted by molar-refractivity contribution is -0.160. The third-order valence-electron chi connectivity index (χ3n) is 5.16. The van der Waals surface area contributed by atoms with Crippen molar-refractivity contribution in [3.63, 3.8) is 0 Å². The van der Waals surface area contributed by atoms with Crippen LogP contribution in [0.3, 0.4) is 0 Å². The Kier molecular flexibility index (Phi) is 9.49. The number of nitrogens with two attached hydrogens (primary N) is 1. The van der Waals surface area contributed by atoms with Crippen molar-refractivity contribution < 1.29 is 38.5 Å². The minimum Gasteiger partial charge on any atom is -0.480 e. The van der Waals surface area contributed by atoms with Gasteiger partial charge in [-0.25, -0.2) is 0 Å². The zero-order valence-electron chi connectivity index (χ0n) is 23.1. The van der Waals surface area contributed by atoms with E-state index in [1.807, 2.05) is 0 Å². The Labute approximate surface area is 213 Å². The highest BCUT2D eigenvalue weighted by atomic mass is 16.6. The molecule has 0 fully saturated rings. The second-order valence-electron chi connectivity index (χ2n) is 12.4. The lowest BCUT2D eigenvalue weighted by Gasteiger charge is -2.29. The van der Waals surface area contributed by atoms with Crippen LogP contribution in [-0.2, 0) is 30.3 Å². The zero-order valence-corrected chi connectivity index (χ0v) is 23.1. The van der Waals surface area contributed by atoms with Crippen molar-refractivity contribution in [1.29, 1.82) is 0 Å². The Bertz CT molecular complexity index is 994. The Morgan fingerprint density at radius 3 is 1.67 bits per heavy atom. The summed E-state index contributed by atoms with van der Waals surface area (Å²) in [5.41, 5.74) is 2.52. The highest BCUT2D eigenvalue weighted by Crippen LogP contribution is 2.34. The van der Waals surface area contributed by atoms with E-state index in [4.69, 9.17) is 19.9 Å². The van der Waals surface area contributed by atoms with Gasteiger partial charge in [0.2, 0.25) is 0 Å².